The molecule has 174 valence electrons. The summed E-state index contributed by atoms with van der Waals surface area (Å²) in [5.41, 5.74) is 4.60. The lowest BCUT2D eigenvalue weighted by Crippen LogP contribution is -2.25. The fraction of sp³-hybridized carbons (Fsp3) is 0.115. The maximum absolute atomic E-state index is 13.4. The third-order valence-electron chi connectivity index (χ3n) is 5.91. The summed E-state index contributed by atoms with van der Waals surface area (Å²) in [6, 6.07) is 16.6. The van der Waals surface area contributed by atoms with E-state index in [1.165, 1.54) is 12.1 Å². The fourth-order valence-electron chi connectivity index (χ4n) is 4.32. The van der Waals surface area contributed by atoms with Crippen LogP contribution in [0.4, 0.5) is 26.2 Å². The number of nitrogens with zero attached hydrogens (tertiary/aromatic N) is 3. The molecular formula is C26H19F2N5O2. The van der Waals surface area contributed by atoms with Crippen LogP contribution in [0.15, 0.2) is 67.0 Å². The second-order valence-corrected chi connectivity index (χ2v) is 8.18. The molecule has 0 bridgehead atoms. The molecule has 7 nitrogen and oxygen atoms in total. The van der Waals surface area contributed by atoms with E-state index in [0.29, 0.717) is 17.5 Å². The van der Waals surface area contributed by atoms with Crippen LogP contribution in [0.25, 0.3) is 32.8 Å². The summed E-state index contributed by atoms with van der Waals surface area (Å²) in [5.74, 6) is 1.13. The van der Waals surface area contributed by atoms with E-state index in [-0.39, 0.29) is 11.5 Å². The highest BCUT2D eigenvalue weighted by molar-refractivity contribution is 6.04. The maximum Gasteiger partial charge on any atom is 0.586 e. The van der Waals surface area contributed by atoms with E-state index in [4.69, 9.17) is 0 Å². The molecule has 1 aliphatic heterocycles. The van der Waals surface area contributed by atoms with Gasteiger partial charge in [0.05, 0.1) is 5.52 Å². The Morgan fingerprint density at radius 3 is 2.60 bits per heavy atom. The second kappa shape index (κ2) is 7.76. The summed E-state index contributed by atoms with van der Waals surface area (Å²) in [6.45, 7) is 2.06. The number of aryl methyl sites for hydroxylation is 1. The smallest absolute Gasteiger partial charge is 0.395 e. The second-order valence-electron chi connectivity index (χ2n) is 8.18. The molecule has 5 aromatic rings. The number of hydrogen-bond donors (Lipinski definition) is 2. The number of rotatable bonds is 4. The van der Waals surface area contributed by atoms with Gasteiger partial charge in [-0.2, -0.15) is 0 Å². The summed E-state index contributed by atoms with van der Waals surface area (Å²) < 4.78 is 35.8. The molecule has 3 heterocycles. The minimum absolute atomic E-state index is 0.00791. The van der Waals surface area contributed by atoms with Gasteiger partial charge < -0.3 is 20.1 Å². The van der Waals surface area contributed by atoms with E-state index < -0.39 is 6.29 Å². The lowest BCUT2D eigenvalue weighted by Gasteiger charge is -2.15. The van der Waals surface area contributed by atoms with Crippen LogP contribution in [0.3, 0.4) is 0 Å². The zero-order valence-corrected chi connectivity index (χ0v) is 18.8. The number of pyridine rings is 1. The van der Waals surface area contributed by atoms with E-state index in [1.54, 1.807) is 25.5 Å². The monoisotopic (exact) mass is 471 g/mol. The van der Waals surface area contributed by atoms with Crippen LogP contribution in [0.5, 0.6) is 11.5 Å². The molecule has 35 heavy (non-hydrogen) atoms. The summed E-state index contributed by atoms with van der Waals surface area (Å²) in [5, 5.41) is 9.00. The average molecular weight is 471 g/mol. The van der Waals surface area contributed by atoms with Gasteiger partial charge in [0.25, 0.3) is 0 Å². The summed E-state index contributed by atoms with van der Waals surface area (Å²) in [7, 11) is 1.79. The van der Waals surface area contributed by atoms with Gasteiger partial charge in [-0.25, -0.2) is 15.0 Å². The Labute approximate surface area is 198 Å². The van der Waals surface area contributed by atoms with Gasteiger partial charge in [0.1, 0.15) is 5.82 Å². The Morgan fingerprint density at radius 2 is 1.74 bits per heavy atom. The first-order valence-electron chi connectivity index (χ1n) is 10.9. The molecule has 2 aromatic heterocycles. The van der Waals surface area contributed by atoms with Gasteiger partial charge in [0.2, 0.25) is 5.95 Å². The number of alkyl halides is 2. The summed E-state index contributed by atoms with van der Waals surface area (Å²) in [4.78, 5) is 13.3. The van der Waals surface area contributed by atoms with Gasteiger partial charge in [-0.1, -0.05) is 18.2 Å². The quantitative estimate of drug-likeness (QED) is 0.320. The molecular weight excluding hydrogens is 452 g/mol. The van der Waals surface area contributed by atoms with Crippen molar-refractivity contribution < 1.29 is 18.3 Å². The van der Waals surface area contributed by atoms with Gasteiger partial charge in [-0.05, 0) is 59.3 Å². The van der Waals surface area contributed by atoms with Gasteiger partial charge in [-0.3, -0.25) is 0 Å². The number of nitrogens with one attached hydrogen (secondary N) is 2. The van der Waals surface area contributed by atoms with Crippen LogP contribution < -0.4 is 20.1 Å². The first-order valence-corrected chi connectivity index (χ1v) is 10.9. The largest absolute Gasteiger partial charge is 0.586 e. The molecule has 6 rings (SSSR count). The van der Waals surface area contributed by atoms with Crippen molar-refractivity contribution in [1.82, 2.24) is 15.0 Å². The predicted molar refractivity (Wildman–Crippen MR) is 130 cm³/mol. The molecule has 0 fully saturated rings. The molecule has 3 aromatic carbocycles. The highest BCUT2D eigenvalue weighted by Gasteiger charge is 2.43. The predicted octanol–water partition coefficient (Wildman–Crippen LogP) is 6.26. The van der Waals surface area contributed by atoms with Crippen LogP contribution in [-0.4, -0.2) is 28.3 Å². The first kappa shape index (κ1) is 21.0. The lowest BCUT2D eigenvalue weighted by molar-refractivity contribution is -0.286. The number of halogens is 2. The molecule has 0 aliphatic carbocycles. The van der Waals surface area contributed by atoms with E-state index in [2.05, 4.69) is 48.0 Å². The Morgan fingerprint density at radius 1 is 0.886 bits per heavy atom. The zero-order chi connectivity index (χ0) is 24.2. The van der Waals surface area contributed by atoms with Gasteiger partial charge in [-0.15, -0.1) is 8.78 Å². The van der Waals surface area contributed by atoms with Gasteiger partial charge in [0.15, 0.2) is 11.5 Å². The van der Waals surface area contributed by atoms with Crippen molar-refractivity contribution in [2.24, 2.45) is 0 Å². The Balaban J connectivity index is 1.42. The Bertz CT molecular complexity index is 1620. The van der Waals surface area contributed by atoms with Crippen LogP contribution in [-0.2, 0) is 0 Å². The number of benzene rings is 3. The molecule has 0 unspecified atom stereocenters. The molecule has 0 radical (unpaired) electrons. The number of aromatic nitrogens is 3. The van der Waals surface area contributed by atoms with Crippen LogP contribution in [0.2, 0.25) is 0 Å². The maximum atomic E-state index is 13.4. The third kappa shape index (κ3) is 3.71. The Hall–Kier alpha value is -4.53. The normalized spacial score (nSPS) is 13.8. The van der Waals surface area contributed by atoms with Crippen molar-refractivity contribution in [3.05, 3.63) is 72.6 Å². The SMILES string of the molecule is CNc1ncc2cc(-c3c(C)ccc4c(Nc5ccc6c(c5)OC(F)(F)O6)nccc34)ccc2n1. The van der Waals surface area contributed by atoms with Crippen LogP contribution in [0.1, 0.15) is 5.56 Å². The van der Waals surface area contributed by atoms with E-state index in [9.17, 15) is 8.78 Å². The minimum atomic E-state index is -3.66. The summed E-state index contributed by atoms with van der Waals surface area (Å²) >= 11 is 0. The molecule has 0 atom stereocenters. The van der Waals surface area contributed by atoms with Crippen LogP contribution in [0, 0.1) is 6.92 Å². The molecule has 9 heteroatoms. The number of ether oxygens (including phenoxy) is 2. The molecule has 1 aliphatic rings. The van der Waals surface area contributed by atoms with E-state index >= 15 is 0 Å². The van der Waals surface area contributed by atoms with Crippen molar-refractivity contribution >= 4 is 39.1 Å². The number of hydrogen-bond acceptors (Lipinski definition) is 7. The average Bonchev–Trinajstić information content (AvgIpc) is 3.16. The van der Waals surface area contributed by atoms with Crippen molar-refractivity contribution in [2.75, 3.05) is 17.7 Å². The summed E-state index contributed by atoms with van der Waals surface area (Å²) in [6.07, 6.45) is -0.140. The van der Waals surface area contributed by atoms with E-state index in [1.807, 2.05) is 30.3 Å². The molecule has 0 saturated heterocycles. The van der Waals surface area contributed by atoms with Crippen LogP contribution >= 0.6 is 0 Å². The standard InChI is InChI=1S/C26H19F2N5O2/c1-14-3-6-19-18(23(14)15-4-7-20-16(11-15)13-31-25(29-2)33-20)9-10-30-24(19)32-17-5-8-21-22(12-17)35-26(27,28)34-21/h3-13H,1-2H3,(H,30,32)(H,29,31,33). The number of anilines is 3. The molecule has 0 saturated carbocycles. The van der Waals surface area contributed by atoms with Crippen molar-refractivity contribution in [1.29, 1.82) is 0 Å². The lowest BCUT2D eigenvalue weighted by atomic mass is 9.94. The zero-order valence-electron chi connectivity index (χ0n) is 18.8. The van der Waals surface area contributed by atoms with E-state index in [0.717, 1.165) is 38.4 Å². The van der Waals surface area contributed by atoms with Crippen molar-refractivity contribution in [2.45, 2.75) is 13.2 Å². The van der Waals surface area contributed by atoms with Gasteiger partial charge in [0, 0.05) is 42.0 Å². The number of fused-ring (bicyclic) bond motifs is 3. The first-order chi connectivity index (χ1) is 16.9. The Kier molecular flexibility index (Phi) is 4.67. The highest BCUT2D eigenvalue weighted by Crippen LogP contribution is 2.43. The minimum Gasteiger partial charge on any atom is -0.395 e. The molecule has 0 amide bonds. The van der Waals surface area contributed by atoms with Crippen molar-refractivity contribution in [3.63, 3.8) is 0 Å². The molecule has 0 spiro atoms. The fourth-order valence-corrected chi connectivity index (χ4v) is 4.32. The van der Waals surface area contributed by atoms with Gasteiger partial charge >= 0.3 is 6.29 Å². The highest BCUT2D eigenvalue weighted by atomic mass is 19.3. The molecule has 2 N–H and O–H groups in total. The topological polar surface area (TPSA) is 81.2 Å². The third-order valence-corrected chi connectivity index (χ3v) is 5.91. The van der Waals surface area contributed by atoms with Crippen molar-refractivity contribution in [3.8, 4) is 22.6 Å².